The summed E-state index contributed by atoms with van der Waals surface area (Å²) in [5.74, 6) is -0.251. The smallest absolute Gasteiger partial charge is 0.274 e. The lowest BCUT2D eigenvalue weighted by molar-refractivity contribution is 0.0579. The van der Waals surface area contributed by atoms with E-state index in [0.29, 0.717) is 6.54 Å². The third-order valence-electron chi connectivity index (χ3n) is 3.63. The molecular weight excluding hydrogens is 299 g/mol. The SMILES string of the molecule is O=C(c1nc(Cl)ccc1Cl)N(CCO)C1CCCCC1. The maximum absolute atomic E-state index is 12.6. The number of pyridine rings is 1. The first-order valence-electron chi connectivity index (χ1n) is 6.87. The molecule has 1 N–H and O–H groups in total. The minimum atomic E-state index is -0.251. The number of carbonyl (C=O) groups excluding carboxylic acids is 1. The molecule has 1 amide bonds. The molecule has 1 heterocycles. The van der Waals surface area contributed by atoms with E-state index in [9.17, 15) is 9.90 Å². The zero-order valence-corrected chi connectivity index (χ0v) is 12.7. The van der Waals surface area contributed by atoms with Crippen LogP contribution in [0.25, 0.3) is 0 Å². The molecule has 1 aliphatic rings. The van der Waals surface area contributed by atoms with E-state index in [2.05, 4.69) is 4.98 Å². The maximum atomic E-state index is 12.6. The summed E-state index contributed by atoms with van der Waals surface area (Å²) >= 11 is 11.9. The highest BCUT2D eigenvalue weighted by molar-refractivity contribution is 6.34. The highest BCUT2D eigenvalue weighted by Crippen LogP contribution is 2.25. The van der Waals surface area contributed by atoms with E-state index < -0.39 is 0 Å². The Morgan fingerprint density at radius 1 is 1.30 bits per heavy atom. The van der Waals surface area contributed by atoms with Crippen molar-refractivity contribution >= 4 is 29.1 Å². The molecule has 0 unspecified atom stereocenters. The summed E-state index contributed by atoms with van der Waals surface area (Å²) in [6.07, 6.45) is 5.34. The maximum Gasteiger partial charge on any atom is 0.274 e. The van der Waals surface area contributed by atoms with Gasteiger partial charge in [0.1, 0.15) is 10.8 Å². The molecule has 2 rings (SSSR count). The number of amides is 1. The van der Waals surface area contributed by atoms with Crippen LogP contribution in [-0.2, 0) is 0 Å². The van der Waals surface area contributed by atoms with Crippen LogP contribution >= 0.6 is 23.2 Å². The average molecular weight is 317 g/mol. The normalized spacial score (nSPS) is 16.1. The topological polar surface area (TPSA) is 53.4 Å². The van der Waals surface area contributed by atoms with Crippen LogP contribution in [0.4, 0.5) is 0 Å². The third-order valence-corrected chi connectivity index (χ3v) is 4.15. The van der Waals surface area contributed by atoms with Crippen molar-refractivity contribution in [2.24, 2.45) is 0 Å². The molecular formula is C14H18Cl2N2O2. The van der Waals surface area contributed by atoms with Crippen LogP contribution < -0.4 is 0 Å². The van der Waals surface area contributed by atoms with Crippen molar-refractivity contribution in [2.75, 3.05) is 13.2 Å². The van der Waals surface area contributed by atoms with E-state index in [1.807, 2.05) is 0 Å². The zero-order valence-electron chi connectivity index (χ0n) is 11.2. The molecule has 1 saturated carbocycles. The van der Waals surface area contributed by atoms with Crippen molar-refractivity contribution in [3.05, 3.63) is 28.0 Å². The number of aliphatic hydroxyl groups is 1. The molecule has 0 spiro atoms. The number of carbonyl (C=O) groups is 1. The summed E-state index contributed by atoms with van der Waals surface area (Å²) in [7, 11) is 0. The van der Waals surface area contributed by atoms with Crippen molar-refractivity contribution in [3.8, 4) is 0 Å². The van der Waals surface area contributed by atoms with Gasteiger partial charge in [-0.2, -0.15) is 0 Å². The molecule has 1 aromatic heterocycles. The molecule has 1 fully saturated rings. The summed E-state index contributed by atoms with van der Waals surface area (Å²) < 4.78 is 0. The van der Waals surface area contributed by atoms with Gasteiger partial charge in [0.15, 0.2) is 0 Å². The van der Waals surface area contributed by atoms with Gasteiger partial charge in [-0.3, -0.25) is 4.79 Å². The fraction of sp³-hybridized carbons (Fsp3) is 0.571. The molecule has 20 heavy (non-hydrogen) atoms. The van der Waals surface area contributed by atoms with Gasteiger partial charge in [-0.25, -0.2) is 4.98 Å². The fourth-order valence-electron chi connectivity index (χ4n) is 2.65. The van der Waals surface area contributed by atoms with Crippen molar-refractivity contribution in [1.29, 1.82) is 0 Å². The Labute approximate surface area is 128 Å². The predicted molar refractivity (Wildman–Crippen MR) is 79.3 cm³/mol. The van der Waals surface area contributed by atoms with Gasteiger partial charge in [-0.1, -0.05) is 42.5 Å². The lowest BCUT2D eigenvalue weighted by Crippen LogP contribution is -2.43. The number of aromatic nitrogens is 1. The first kappa shape index (κ1) is 15.5. The molecule has 1 aromatic rings. The number of halogens is 2. The highest BCUT2D eigenvalue weighted by Gasteiger charge is 2.28. The summed E-state index contributed by atoms with van der Waals surface area (Å²) in [4.78, 5) is 18.3. The van der Waals surface area contributed by atoms with E-state index in [0.717, 1.165) is 25.7 Å². The van der Waals surface area contributed by atoms with E-state index >= 15 is 0 Å². The molecule has 0 aromatic carbocycles. The van der Waals surface area contributed by atoms with Crippen molar-refractivity contribution in [3.63, 3.8) is 0 Å². The Hall–Kier alpha value is -0.840. The monoisotopic (exact) mass is 316 g/mol. The molecule has 0 bridgehead atoms. The average Bonchev–Trinajstić information content (AvgIpc) is 2.47. The van der Waals surface area contributed by atoms with Gasteiger partial charge in [0.05, 0.1) is 11.6 Å². The Bertz CT molecular complexity index is 476. The lowest BCUT2D eigenvalue weighted by atomic mass is 9.94. The lowest BCUT2D eigenvalue weighted by Gasteiger charge is -2.34. The minimum Gasteiger partial charge on any atom is -0.395 e. The number of hydrogen-bond donors (Lipinski definition) is 1. The second kappa shape index (κ2) is 7.25. The van der Waals surface area contributed by atoms with Crippen molar-refractivity contribution in [2.45, 2.75) is 38.1 Å². The number of rotatable bonds is 4. The van der Waals surface area contributed by atoms with Gasteiger partial charge in [0, 0.05) is 12.6 Å². The van der Waals surface area contributed by atoms with Crippen LogP contribution in [0.2, 0.25) is 10.2 Å². The highest BCUT2D eigenvalue weighted by atomic mass is 35.5. The van der Waals surface area contributed by atoms with Gasteiger partial charge in [-0.05, 0) is 25.0 Å². The summed E-state index contributed by atoms with van der Waals surface area (Å²) in [5, 5.41) is 9.74. The van der Waals surface area contributed by atoms with Crippen LogP contribution in [0.1, 0.15) is 42.6 Å². The van der Waals surface area contributed by atoms with Crippen LogP contribution in [0.3, 0.4) is 0 Å². The summed E-state index contributed by atoms with van der Waals surface area (Å²) in [5.41, 5.74) is 0.165. The van der Waals surface area contributed by atoms with Gasteiger partial charge in [-0.15, -0.1) is 0 Å². The second-order valence-corrected chi connectivity index (χ2v) is 5.77. The summed E-state index contributed by atoms with van der Waals surface area (Å²) in [6.45, 7) is 0.231. The van der Waals surface area contributed by atoms with Gasteiger partial charge in [0.2, 0.25) is 0 Å². The first-order chi connectivity index (χ1) is 9.63. The Morgan fingerprint density at radius 2 is 2.00 bits per heavy atom. The second-order valence-electron chi connectivity index (χ2n) is 4.98. The van der Waals surface area contributed by atoms with Gasteiger partial charge in [0.25, 0.3) is 5.91 Å². The molecule has 0 aliphatic heterocycles. The van der Waals surface area contributed by atoms with E-state index in [-0.39, 0.29) is 34.4 Å². The number of nitrogens with zero attached hydrogens (tertiary/aromatic N) is 2. The summed E-state index contributed by atoms with van der Waals surface area (Å²) in [6, 6.07) is 3.28. The van der Waals surface area contributed by atoms with Gasteiger partial charge < -0.3 is 10.0 Å². The van der Waals surface area contributed by atoms with Crippen LogP contribution in [-0.4, -0.2) is 40.1 Å². The number of hydrogen-bond acceptors (Lipinski definition) is 3. The van der Waals surface area contributed by atoms with Crippen LogP contribution in [0.15, 0.2) is 12.1 Å². The first-order valence-corrected chi connectivity index (χ1v) is 7.63. The Kier molecular flexibility index (Phi) is 5.64. The molecule has 6 heteroatoms. The van der Waals surface area contributed by atoms with Crippen molar-refractivity contribution < 1.29 is 9.90 Å². The largest absolute Gasteiger partial charge is 0.395 e. The van der Waals surface area contributed by atoms with Crippen molar-refractivity contribution in [1.82, 2.24) is 9.88 Å². The molecule has 0 radical (unpaired) electrons. The molecule has 110 valence electrons. The molecule has 4 nitrogen and oxygen atoms in total. The molecule has 0 saturated heterocycles. The molecule has 1 aliphatic carbocycles. The van der Waals surface area contributed by atoms with E-state index in [4.69, 9.17) is 23.2 Å². The Morgan fingerprint density at radius 3 is 2.65 bits per heavy atom. The Balaban J connectivity index is 2.23. The van der Waals surface area contributed by atoms with E-state index in [1.165, 1.54) is 6.42 Å². The third kappa shape index (κ3) is 3.62. The zero-order chi connectivity index (χ0) is 14.5. The minimum absolute atomic E-state index is 0.0690. The number of aliphatic hydroxyl groups excluding tert-OH is 1. The molecule has 0 atom stereocenters. The van der Waals surface area contributed by atoms with Gasteiger partial charge >= 0.3 is 0 Å². The van der Waals surface area contributed by atoms with E-state index in [1.54, 1.807) is 17.0 Å². The fourth-order valence-corrected chi connectivity index (χ4v) is 2.99. The predicted octanol–water partition coefficient (Wildman–Crippen LogP) is 3.16. The van der Waals surface area contributed by atoms with Crippen LogP contribution in [0.5, 0.6) is 0 Å². The van der Waals surface area contributed by atoms with Crippen LogP contribution in [0, 0.1) is 0 Å². The quantitative estimate of drug-likeness (QED) is 0.868. The standard InChI is InChI=1S/C14H18Cl2N2O2/c15-11-6-7-12(16)17-13(11)14(20)18(8-9-19)10-4-2-1-3-5-10/h6-7,10,19H,1-5,8-9H2.